The van der Waals surface area contributed by atoms with Gasteiger partial charge in [0.1, 0.15) is 4.88 Å². The van der Waals surface area contributed by atoms with Gasteiger partial charge in [0, 0.05) is 10.7 Å². The molecular formula is C14H11ClF3N3O3S. The Kier molecular flexibility index (Phi) is 5.85. The van der Waals surface area contributed by atoms with Gasteiger partial charge in [-0.3, -0.25) is 5.32 Å². The van der Waals surface area contributed by atoms with Crippen LogP contribution in [0.4, 0.5) is 28.8 Å². The lowest BCUT2D eigenvalue weighted by atomic mass is 10.3. The monoisotopic (exact) mass is 393 g/mol. The lowest BCUT2D eigenvalue weighted by Gasteiger charge is -2.05. The van der Waals surface area contributed by atoms with Crippen molar-refractivity contribution in [1.82, 2.24) is 4.98 Å². The van der Waals surface area contributed by atoms with Crippen LogP contribution in [0, 0.1) is 0 Å². The summed E-state index contributed by atoms with van der Waals surface area (Å²) in [6, 6.07) is 5.26. The average Bonchev–Trinajstić information content (AvgIpc) is 2.94. The fourth-order valence-corrected chi connectivity index (χ4v) is 2.69. The van der Waals surface area contributed by atoms with Crippen LogP contribution in [-0.4, -0.2) is 23.6 Å². The van der Waals surface area contributed by atoms with Crippen LogP contribution in [0.1, 0.15) is 22.3 Å². The van der Waals surface area contributed by atoms with Crippen LogP contribution in [-0.2, 0) is 10.9 Å². The maximum absolute atomic E-state index is 13.0. The molecule has 0 radical (unpaired) electrons. The standard InChI is InChI=1S/C14H11ClF3N3O3S/c1-2-24-11(22)9-10(14(16,17)18)20-13(25-9)21-12(23)19-8-5-3-7(15)4-6-8/h3-6H,2H2,1H3,(H2,19,20,21,23). The minimum Gasteiger partial charge on any atom is -0.462 e. The molecule has 2 amide bonds. The number of amides is 2. The van der Waals surface area contributed by atoms with Gasteiger partial charge in [0.25, 0.3) is 0 Å². The summed E-state index contributed by atoms with van der Waals surface area (Å²) >= 11 is 6.09. The summed E-state index contributed by atoms with van der Waals surface area (Å²) in [6.45, 7) is 1.37. The van der Waals surface area contributed by atoms with Gasteiger partial charge in [-0.05, 0) is 31.2 Å². The summed E-state index contributed by atoms with van der Waals surface area (Å²) < 4.78 is 43.5. The van der Waals surface area contributed by atoms with Gasteiger partial charge < -0.3 is 10.1 Å². The highest BCUT2D eigenvalue weighted by molar-refractivity contribution is 7.17. The molecule has 0 aliphatic rings. The van der Waals surface area contributed by atoms with Crippen molar-refractivity contribution in [3.05, 3.63) is 39.9 Å². The Hall–Kier alpha value is -2.33. The van der Waals surface area contributed by atoms with Crippen LogP contribution >= 0.6 is 22.9 Å². The normalized spacial score (nSPS) is 11.1. The van der Waals surface area contributed by atoms with E-state index in [2.05, 4.69) is 20.4 Å². The maximum Gasteiger partial charge on any atom is 0.435 e. The number of nitrogens with zero attached hydrogens (tertiary/aromatic N) is 1. The van der Waals surface area contributed by atoms with E-state index in [-0.39, 0.29) is 11.7 Å². The maximum atomic E-state index is 13.0. The number of nitrogens with one attached hydrogen (secondary N) is 2. The Balaban J connectivity index is 2.17. The van der Waals surface area contributed by atoms with Crippen LogP contribution in [0.15, 0.2) is 24.3 Å². The molecule has 0 saturated carbocycles. The first kappa shape index (κ1) is 19.0. The van der Waals surface area contributed by atoms with Gasteiger partial charge >= 0.3 is 18.2 Å². The van der Waals surface area contributed by atoms with Gasteiger partial charge in [-0.25, -0.2) is 14.6 Å². The molecule has 25 heavy (non-hydrogen) atoms. The van der Waals surface area contributed by atoms with Crippen molar-refractivity contribution in [2.45, 2.75) is 13.1 Å². The van der Waals surface area contributed by atoms with Crippen molar-refractivity contribution in [1.29, 1.82) is 0 Å². The van der Waals surface area contributed by atoms with E-state index in [0.29, 0.717) is 22.0 Å². The molecule has 1 aromatic carbocycles. The predicted molar refractivity (Wildman–Crippen MR) is 87.2 cm³/mol. The number of ether oxygens (including phenoxy) is 1. The van der Waals surface area contributed by atoms with Gasteiger partial charge in [0.15, 0.2) is 10.8 Å². The zero-order valence-corrected chi connectivity index (χ0v) is 14.2. The van der Waals surface area contributed by atoms with Gasteiger partial charge in [0.2, 0.25) is 0 Å². The SMILES string of the molecule is CCOC(=O)c1sc(NC(=O)Nc2ccc(Cl)cc2)nc1C(F)(F)F. The summed E-state index contributed by atoms with van der Waals surface area (Å²) in [5, 5.41) is 4.62. The molecule has 2 rings (SSSR count). The Labute approximate surface area is 149 Å². The lowest BCUT2D eigenvalue weighted by Crippen LogP contribution is -2.19. The number of alkyl halides is 3. The molecule has 1 heterocycles. The Morgan fingerprint density at radius 3 is 2.44 bits per heavy atom. The second-order valence-electron chi connectivity index (χ2n) is 4.50. The van der Waals surface area contributed by atoms with Crippen molar-refractivity contribution < 1.29 is 27.5 Å². The Morgan fingerprint density at radius 2 is 1.88 bits per heavy atom. The molecule has 6 nitrogen and oxygen atoms in total. The lowest BCUT2D eigenvalue weighted by molar-refractivity contribution is -0.141. The van der Waals surface area contributed by atoms with Crippen molar-refractivity contribution >= 4 is 45.8 Å². The van der Waals surface area contributed by atoms with Crippen LogP contribution in [0.25, 0.3) is 0 Å². The van der Waals surface area contributed by atoms with E-state index in [4.69, 9.17) is 11.6 Å². The first-order valence-electron chi connectivity index (χ1n) is 6.79. The minimum absolute atomic E-state index is 0.0894. The highest BCUT2D eigenvalue weighted by Gasteiger charge is 2.40. The van der Waals surface area contributed by atoms with Crippen molar-refractivity contribution in [3.63, 3.8) is 0 Å². The molecule has 0 saturated heterocycles. The number of carbonyl (C=O) groups excluding carboxylic acids is 2. The molecule has 0 spiro atoms. The van der Waals surface area contributed by atoms with Gasteiger partial charge in [0.05, 0.1) is 6.61 Å². The molecule has 1 aromatic heterocycles. The second-order valence-corrected chi connectivity index (χ2v) is 5.94. The van der Waals surface area contributed by atoms with E-state index in [1.807, 2.05) is 0 Å². The number of carbonyl (C=O) groups is 2. The van der Waals surface area contributed by atoms with E-state index < -0.39 is 28.7 Å². The van der Waals surface area contributed by atoms with E-state index in [9.17, 15) is 22.8 Å². The third-order valence-electron chi connectivity index (χ3n) is 2.68. The van der Waals surface area contributed by atoms with Crippen molar-refractivity contribution in [2.24, 2.45) is 0 Å². The summed E-state index contributed by atoms with van der Waals surface area (Å²) in [4.78, 5) is 26.0. The van der Waals surface area contributed by atoms with Crippen LogP contribution in [0.2, 0.25) is 5.02 Å². The molecule has 0 unspecified atom stereocenters. The van der Waals surface area contributed by atoms with Gasteiger partial charge in [-0.15, -0.1) is 0 Å². The summed E-state index contributed by atoms with van der Waals surface area (Å²) in [5.41, 5.74) is -1.03. The molecule has 0 fully saturated rings. The van der Waals surface area contributed by atoms with E-state index >= 15 is 0 Å². The summed E-state index contributed by atoms with van der Waals surface area (Å²) in [6.07, 6.45) is -4.86. The van der Waals surface area contributed by atoms with E-state index in [0.717, 1.165) is 0 Å². The van der Waals surface area contributed by atoms with Crippen LogP contribution in [0.5, 0.6) is 0 Å². The molecule has 0 atom stereocenters. The Bertz CT molecular complexity index is 778. The molecule has 11 heteroatoms. The van der Waals surface area contributed by atoms with Crippen LogP contribution < -0.4 is 10.6 Å². The largest absolute Gasteiger partial charge is 0.462 e. The quantitative estimate of drug-likeness (QED) is 0.742. The molecule has 0 bridgehead atoms. The molecule has 2 aromatic rings. The van der Waals surface area contributed by atoms with Crippen molar-refractivity contribution in [3.8, 4) is 0 Å². The first-order valence-corrected chi connectivity index (χ1v) is 7.99. The first-order chi connectivity index (χ1) is 11.7. The number of urea groups is 1. The topological polar surface area (TPSA) is 80.3 Å². The van der Waals surface area contributed by atoms with E-state index in [1.165, 1.54) is 31.2 Å². The number of hydrogen-bond donors (Lipinski definition) is 2. The number of aromatic nitrogens is 1. The average molecular weight is 394 g/mol. The van der Waals surface area contributed by atoms with Gasteiger partial charge in [-0.1, -0.05) is 22.9 Å². The molecule has 0 aliphatic carbocycles. The summed E-state index contributed by atoms with van der Waals surface area (Å²) in [7, 11) is 0. The number of anilines is 2. The smallest absolute Gasteiger partial charge is 0.435 e. The molecular weight excluding hydrogens is 383 g/mol. The van der Waals surface area contributed by atoms with Crippen molar-refractivity contribution in [2.75, 3.05) is 17.2 Å². The van der Waals surface area contributed by atoms with Crippen LogP contribution in [0.3, 0.4) is 0 Å². The minimum atomic E-state index is -4.86. The number of rotatable bonds is 4. The van der Waals surface area contributed by atoms with E-state index in [1.54, 1.807) is 0 Å². The highest BCUT2D eigenvalue weighted by Crippen LogP contribution is 2.36. The Morgan fingerprint density at radius 1 is 1.24 bits per heavy atom. The summed E-state index contributed by atoms with van der Waals surface area (Å²) in [5.74, 6) is -1.15. The van der Waals surface area contributed by atoms with Gasteiger partial charge in [-0.2, -0.15) is 13.2 Å². The fraction of sp³-hybridized carbons (Fsp3) is 0.214. The zero-order valence-electron chi connectivity index (χ0n) is 12.6. The number of esters is 1. The number of benzene rings is 1. The fourth-order valence-electron chi connectivity index (χ4n) is 1.69. The third kappa shape index (κ3) is 5.07. The molecule has 2 N–H and O–H groups in total. The number of halogens is 4. The number of thiazole rings is 1. The number of hydrogen-bond acceptors (Lipinski definition) is 5. The predicted octanol–water partition coefficient (Wildman–Crippen LogP) is 4.64. The highest BCUT2D eigenvalue weighted by atomic mass is 35.5. The molecule has 0 aliphatic heterocycles. The zero-order chi connectivity index (χ0) is 18.6. The second kappa shape index (κ2) is 7.70. The third-order valence-corrected chi connectivity index (χ3v) is 3.88. The molecule has 134 valence electrons.